The van der Waals surface area contributed by atoms with E-state index in [0.717, 1.165) is 18.6 Å². The summed E-state index contributed by atoms with van der Waals surface area (Å²) in [5.74, 6) is 1.22. The van der Waals surface area contributed by atoms with Crippen molar-refractivity contribution < 1.29 is 9.53 Å². The Balaban J connectivity index is 1.87. The molecule has 1 amide bonds. The Kier molecular flexibility index (Phi) is 4.43. The SMILES string of the molecule is CC(C)Oc1cccc(C(=O)NCC2CC(N)C2)c1. The fourth-order valence-electron chi connectivity index (χ4n) is 2.28. The van der Waals surface area contributed by atoms with E-state index >= 15 is 0 Å². The summed E-state index contributed by atoms with van der Waals surface area (Å²) in [6.07, 6.45) is 2.13. The summed E-state index contributed by atoms with van der Waals surface area (Å²) in [5, 5.41) is 2.95. The molecular weight excluding hydrogens is 240 g/mol. The maximum Gasteiger partial charge on any atom is 0.251 e. The number of hydrogen-bond donors (Lipinski definition) is 2. The number of carbonyl (C=O) groups is 1. The fraction of sp³-hybridized carbons (Fsp3) is 0.533. The lowest BCUT2D eigenvalue weighted by atomic mass is 9.81. The maximum absolute atomic E-state index is 12.0. The van der Waals surface area contributed by atoms with E-state index < -0.39 is 0 Å². The van der Waals surface area contributed by atoms with Crippen molar-refractivity contribution in [1.29, 1.82) is 0 Å². The van der Waals surface area contributed by atoms with Crippen LogP contribution in [0, 0.1) is 5.92 Å². The van der Waals surface area contributed by atoms with E-state index in [9.17, 15) is 4.79 Å². The predicted octanol–water partition coefficient (Wildman–Crippen LogP) is 1.94. The Labute approximate surface area is 114 Å². The summed E-state index contributed by atoms with van der Waals surface area (Å²) >= 11 is 0. The van der Waals surface area contributed by atoms with Crippen LogP contribution < -0.4 is 15.8 Å². The molecule has 4 heteroatoms. The van der Waals surface area contributed by atoms with Crippen LogP contribution in [0.3, 0.4) is 0 Å². The third-order valence-electron chi connectivity index (χ3n) is 3.29. The summed E-state index contributed by atoms with van der Waals surface area (Å²) in [6, 6.07) is 7.61. The molecule has 0 aromatic heterocycles. The number of carbonyl (C=O) groups excluding carboxylic acids is 1. The van der Waals surface area contributed by atoms with E-state index in [-0.39, 0.29) is 12.0 Å². The van der Waals surface area contributed by atoms with Crippen molar-refractivity contribution in [1.82, 2.24) is 5.32 Å². The summed E-state index contributed by atoms with van der Waals surface area (Å²) < 4.78 is 5.58. The maximum atomic E-state index is 12.0. The summed E-state index contributed by atoms with van der Waals surface area (Å²) in [6.45, 7) is 4.64. The molecule has 1 aromatic carbocycles. The first-order valence-corrected chi connectivity index (χ1v) is 6.85. The molecule has 0 spiro atoms. The van der Waals surface area contributed by atoms with Gasteiger partial charge in [-0.1, -0.05) is 6.07 Å². The molecule has 0 unspecified atom stereocenters. The van der Waals surface area contributed by atoms with Crippen LogP contribution in [-0.2, 0) is 0 Å². The average molecular weight is 262 g/mol. The van der Waals surface area contributed by atoms with E-state index in [0.29, 0.717) is 24.1 Å². The molecule has 1 fully saturated rings. The molecule has 0 radical (unpaired) electrons. The van der Waals surface area contributed by atoms with Gasteiger partial charge < -0.3 is 15.8 Å². The molecule has 19 heavy (non-hydrogen) atoms. The van der Waals surface area contributed by atoms with Gasteiger partial charge in [-0.3, -0.25) is 4.79 Å². The van der Waals surface area contributed by atoms with E-state index in [4.69, 9.17) is 10.5 Å². The molecule has 0 saturated heterocycles. The van der Waals surface area contributed by atoms with Crippen LogP contribution in [0.15, 0.2) is 24.3 Å². The minimum absolute atomic E-state index is 0.0466. The minimum atomic E-state index is -0.0466. The van der Waals surface area contributed by atoms with Gasteiger partial charge >= 0.3 is 0 Å². The second-order valence-corrected chi connectivity index (χ2v) is 5.50. The highest BCUT2D eigenvalue weighted by atomic mass is 16.5. The molecule has 1 aromatic rings. The first-order chi connectivity index (χ1) is 9.04. The Morgan fingerprint density at radius 1 is 1.47 bits per heavy atom. The molecule has 0 heterocycles. The summed E-state index contributed by atoms with van der Waals surface area (Å²) in [5.41, 5.74) is 6.36. The van der Waals surface area contributed by atoms with E-state index in [1.54, 1.807) is 12.1 Å². The second kappa shape index (κ2) is 6.06. The van der Waals surface area contributed by atoms with Gasteiger partial charge in [0.1, 0.15) is 5.75 Å². The molecule has 0 atom stereocenters. The molecule has 4 nitrogen and oxygen atoms in total. The fourth-order valence-corrected chi connectivity index (χ4v) is 2.28. The highest BCUT2D eigenvalue weighted by Gasteiger charge is 2.25. The lowest BCUT2D eigenvalue weighted by Gasteiger charge is -2.32. The molecule has 1 aliphatic rings. The Bertz CT molecular complexity index is 440. The van der Waals surface area contributed by atoms with Gasteiger partial charge in [0.2, 0.25) is 0 Å². The van der Waals surface area contributed by atoms with Crippen LogP contribution >= 0.6 is 0 Å². The smallest absolute Gasteiger partial charge is 0.251 e. The van der Waals surface area contributed by atoms with Crippen LogP contribution in [0.4, 0.5) is 0 Å². The van der Waals surface area contributed by atoms with Crippen LogP contribution in [-0.4, -0.2) is 24.6 Å². The van der Waals surface area contributed by atoms with Crippen LogP contribution in [0.1, 0.15) is 37.0 Å². The van der Waals surface area contributed by atoms with Gasteiger partial charge in [0, 0.05) is 18.2 Å². The van der Waals surface area contributed by atoms with Crippen molar-refractivity contribution in [2.24, 2.45) is 11.7 Å². The summed E-state index contributed by atoms with van der Waals surface area (Å²) in [7, 11) is 0. The van der Waals surface area contributed by atoms with Crippen molar-refractivity contribution in [2.75, 3.05) is 6.54 Å². The summed E-state index contributed by atoms with van der Waals surface area (Å²) in [4.78, 5) is 12.0. The second-order valence-electron chi connectivity index (χ2n) is 5.50. The van der Waals surface area contributed by atoms with Crippen LogP contribution in [0.5, 0.6) is 5.75 Å². The number of amides is 1. The van der Waals surface area contributed by atoms with Gasteiger partial charge in [-0.05, 0) is 50.8 Å². The zero-order valence-electron chi connectivity index (χ0n) is 11.6. The molecule has 3 N–H and O–H groups in total. The monoisotopic (exact) mass is 262 g/mol. The highest BCUT2D eigenvalue weighted by molar-refractivity contribution is 5.94. The van der Waals surface area contributed by atoms with Gasteiger partial charge in [0.05, 0.1) is 6.10 Å². The standard InChI is InChI=1S/C15H22N2O2/c1-10(2)19-14-5-3-4-12(8-14)15(18)17-9-11-6-13(16)7-11/h3-5,8,10-11,13H,6-7,9,16H2,1-2H3,(H,17,18). The predicted molar refractivity (Wildman–Crippen MR) is 75.2 cm³/mol. The van der Waals surface area contributed by atoms with Gasteiger partial charge in [-0.2, -0.15) is 0 Å². The molecule has 0 bridgehead atoms. The minimum Gasteiger partial charge on any atom is -0.491 e. The van der Waals surface area contributed by atoms with Crippen molar-refractivity contribution in [3.8, 4) is 5.75 Å². The largest absolute Gasteiger partial charge is 0.491 e. The number of nitrogens with two attached hydrogens (primary N) is 1. The third-order valence-corrected chi connectivity index (χ3v) is 3.29. The van der Waals surface area contributed by atoms with Crippen molar-refractivity contribution in [3.05, 3.63) is 29.8 Å². The van der Waals surface area contributed by atoms with Gasteiger partial charge in [0.15, 0.2) is 0 Å². The van der Waals surface area contributed by atoms with Crippen LogP contribution in [0.2, 0.25) is 0 Å². The highest BCUT2D eigenvalue weighted by Crippen LogP contribution is 2.24. The van der Waals surface area contributed by atoms with Crippen molar-refractivity contribution >= 4 is 5.91 Å². The van der Waals surface area contributed by atoms with Crippen LogP contribution in [0.25, 0.3) is 0 Å². The van der Waals surface area contributed by atoms with Gasteiger partial charge in [-0.15, -0.1) is 0 Å². The normalized spacial score (nSPS) is 21.9. The van der Waals surface area contributed by atoms with Gasteiger partial charge in [0.25, 0.3) is 5.91 Å². The number of ether oxygens (including phenoxy) is 1. The molecule has 0 aliphatic heterocycles. The van der Waals surface area contributed by atoms with E-state index in [1.807, 2.05) is 26.0 Å². The molecule has 104 valence electrons. The lowest BCUT2D eigenvalue weighted by Crippen LogP contribution is -2.42. The molecule has 1 saturated carbocycles. The third kappa shape index (κ3) is 3.96. The Morgan fingerprint density at radius 2 is 2.21 bits per heavy atom. The topological polar surface area (TPSA) is 64.3 Å². The zero-order chi connectivity index (χ0) is 13.8. The number of nitrogens with one attached hydrogen (secondary N) is 1. The first-order valence-electron chi connectivity index (χ1n) is 6.85. The van der Waals surface area contributed by atoms with Crippen molar-refractivity contribution in [3.63, 3.8) is 0 Å². The Morgan fingerprint density at radius 3 is 2.84 bits per heavy atom. The molecular formula is C15H22N2O2. The quantitative estimate of drug-likeness (QED) is 0.852. The first kappa shape index (κ1) is 13.9. The number of benzene rings is 1. The van der Waals surface area contributed by atoms with E-state index in [2.05, 4.69) is 5.32 Å². The molecule has 1 aliphatic carbocycles. The number of rotatable bonds is 5. The van der Waals surface area contributed by atoms with Gasteiger partial charge in [-0.25, -0.2) is 0 Å². The Hall–Kier alpha value is -1.55. The number of hydrogen-bond acceptors (Lipinski definition) is 3. The molecule has 2 rings (SSSR count). The average Bonchev–Trinajstić information content (AvgIpc) is 2.32. The lowest BCUT2D eigenvalue weighted by molar-refractivity contribution is 0.0934. The van der Waals surface area contributed by atoms with Crippen molar-refractivity contribution in [2.45, 2.75) is 38.8 Å². The zero-order valence-corrected chi connectivity index (χ0v) is 11.6. The van der Waals surface area contributed by atoms with E-state index in [1.165, 1.54) is 0 Å².